The van der Waals surface area contributed by atoms with Gasteiger partial charge in [-0.05, 0) is 18.2 Å². The van der Waals surface area contributed by atoms with Crippen LogP contribution in [-0.2, 0) is 11.8 Å². The Labute approximate surface area is 118 Å². The first-order valence-electron chi connectivity index (χ1n) is 5.65. The van der Waals surface area contributed by atoms with Gasteiger partial charge in [-0.15, -0.1) is 0 Å². The van der Waals surface area contributed by atoms with Crippen LogP contribution in [0.1, 0.15) is 0 Å². The molecule has 1 atom stereocenters. The van der Waals surface area contributed by atoms with Crippen LogP contribution in [-0.4, -0.2) is 33.0 Å². The maximum atomic E-state index is 11.8. The average Bonchev–Trinajstić information content (AvgIpc) is 2.93. The molecule has 1 fully saturated rings. The van der Waals surface area contributed by atoms with Crippen molar-refractivity contribution >= 4 is 45.3 Å². The van der Waals surface area contributed by atoms with Crippen molar-refractivity contribution < 1.29 is 9.53 Å². The molecule has 5 nitrogen and oxygen atoms in total. The molecule has 0 spiro atoms. The lowest BCUT2D eigenvalue weighted by atomic mass is 10.2. The van der Waals surface area contributed by atoms with E-state index in [0.29, 0.717) is 6.54 Å². The molecule has 1 saturated heterocycles. The van der Waals surface area contributed by atoms with Crippen LogP contribution in [0.5, 0.6) is 0 Å². The number of carbonyl (C=O) groups is 1. The molecule has 2 aromatic rings. The summed E-state index contributed by atoms with van der Waals surface area (Å²) in [4.78, 5) is 13.4. The van der Waals surface area contributed by atoms with Crippen molar-refractivity contribution in [2.24, 2.45) is 7.05 Å². The van der Waals surface area contributed by atoms with Crippen molar-refractivity contribution in [3.8, 4) is 0 Å². The van der Waals surface area contributed by atoms with Crippen LogP contribution in [0.2, 0.25) is 0 Å². The number of halogens is 1. The standard InChI is InChI=1S/C12H12IN3O2/c1-15-11-3-2-9(4-8(11)6-14-15)16-7-10(5-13)18-12(16)17/h2-4,6,10H,5,7H2,1H3/t10-/m0/s1. The highest BCUT2D eigenvalue weighted by atomic mass is 127. The lowest BCUT2D eigenvalue weighted by Crippen LogP contribution is -2.24. The molecule has 0 radical (unpaired) electrons. The molecule has 1 aliphatic heterocycles. The van der Waals surface area contributed by atoms with E-state index in [1.54, 1.807) is 11.1 Å². The smallest absolute Gasteiger partial charge is 0.414 e. The number of aryl methyl sites for hydroxylation is 1. The van der Waals surface area contributed by atoms with Gasteiger partial charge in [-0.25, -0.2) is 4.79 Å². The summed E-state index contributed by atoms with van der Waals surface area (Å²) in [6, 6.07) is 5.88. The van der Waals surface area contributed by atoms with Gasteiger partial charge in [0.15, 0.2) is 0 Å². The molecular weight excluding hydrogens is 345 g/mol. The van der Waals surface area contributed by atoms with Crippen molar-refractivity contribution in [3.63, 3.8) is 0 Å². The summed E-state index contributed by atoms with van der Waals surface area (Å²) in [5, 5.41) is 5.22. The summed E-state index contributed by atoms with van der Waals surface area (Å²) < 4.78 is 7.88. The summed E-state index contributed by atoms with van der Waals surface area (Å²) in [6.07, 6.45) is 1.53. The van der Waals surface area contributed by atoms with Crippen LogP contribution < -0.4 is 4.90 Å². The van der Waals surface area contributed by atoms with E-state index in [9.17, 15) is 4.79 Å². The van der Waals surface area contributed by atoms with Gasteiger partial charge in [0, 0.05) is 22.5 Å². The number of anilines is 1. The summed E-state index contributed by atoms with van der Waals surface area (Å²) >= 11 is 2.23. The largest absolute Gasteiger partial charge is 0.443 e. The topological polar surface area (TPSA) is 47.4 Å². The molecule has 0 aliphatic carbocycles. The molecular formula is C12H12IN3O2. The fourth-order valence-electron chi connectivity index (χ4n) is 2.13. The Bertz CT molecular complexity index is 610. The van der Waals surface area contributed by atoms with Crippen LogP contribution in [0.4, 0.5) is 10.5 Å². The number of fused-ring (bicyclic) bond motifs is 1. The number of ether oxygens (including phenoxy) is 1. The first kappa shape index (κ1) is 11.8. The predicted molar refractivity (Wildman–Crippen MR) is 77.2 cm³/mol. The van der Waals surface area contributed by atoms with Gasteiger partial charge in [0.1, 0.15) is 6.10 Å². The lowest BCUT2D eigenvalue weighted by molar-refractivity contribution is 0.153. The second kappa shape index (κ2) is 4.42. The van der Waals surface area contributed by atoms with Crippen molar-refractivity contribution in [3.05, 3.63) is 24.4 Å². The zero-order chi connectivity index (χ0) is 12.7. The highest BCUT2D eigenvalue weighted by Gasteiger charge is 2.31. The molecule has 3 rings (SSSR count). The second-order valence-corrected chi connectivity index (χ2v) is 5.16. The maximum Gasteiger partial charge on any atom is 0.414 e. The van der Waals surface area contributed by atoms with Crippen molar-refractivity contribution in [2.75, 3.05) is 15.9 Å². The van der Waals surface area contributed by atoms with Crippen LogP contribution >= 0.6 is 22.6 Å². The normalized spacial score (nSPS) is 19.6. The van der Waals surface area contributed by atoms with Crippen molar-refractivity contribution in [1.82, 2.24) is 9.78 Å². The van der Waals surface area contributed by atoms with Crippen LogP contribution in [0.15, 0.2) is 24.4 Å². The van der Waals surface area contributed by atoms with Crippen LogP contribution in [0.3, 0.4) is 0 Å². The van der Waals surface area contributed by atoms with Gasteiger partial charge in [0.25, 0.3) is 0 Å². The quantitative estimate of drug-likeness (QED) is 0.612. The highest BCUT2D eigenvalue weighted by Crippen LogP contribution is 2.26. The minimum Gasteiger partial charge on any atom is -0.443 e. The van der Waals surface area contributed by atoms with E-state index in [4.69, 9.17) is 4.74 Å². The molecule has 94 valence electrons. The third-order valence-electron chi connectivity index (χ3n) is 3.09. The summed E-state index contributed by atoms with van der Waals surface area (Å²) in [5.41, 5.74) is 1.92. The van der Waals surface area contributed by atoms with Gasteiger partial charge in [0.2, 0.25) is 0 Å². The number of cyclic esters (lactones) is 1. The van der Waals surface area contributed by atoms with Gasteiger partial charge in [0.05, 0.1) is 18.3 Å². The molecule has 1 amide bonds. The molecule has 0 N–H and O–H groups in total. The Morgan fingerprint density at radius 3 is 3.11 bits per heavy atom. The zero-order valence-electron chi connectivity index (χ0n) is 9.84. The lowest BCUT2D eigenvalue weighted by Gasteiger charge is -2.12. The molecule has 1 aromatic carbocycles. The number of hydrogen-bond donors (Lipinski definition) is 0. The number of carbonyl (C=O) groups excluding carboxylic acids is 1. The fraction of sp³-hybridized carbons (Fsp3) is 0.333. The Hall–Kier alpha value is -1.31. The Morgan fingerprint density at radius 1 is 1.56 bits per heavy atom. The number of amides is 1. The Balaban J connectivity index is 1.97. The van der Waals surface area contributed by atoms with Gasteiger partial charge in [-0.2, -0.15) is 5.10 Å². The number of hydrogen-bond acceptors (Lipinski definition) is 3. The first-order valence-corrected chi connectivity index (χ1v) is 7.17. The van der Waals surface area contributed by atoms with E-state index in [1.165, 1.54) is 0 Å². The zero-order valence-corrected chi connectivity index (χ0v) is 12.0. The summed E-state index contributed by atoms with van der Waals surface area (Å²) in [7, 11) is 1.90. The Kier molecular flexibility index (Phi) is 2.89. The third-order valence-corrected chi connectivity index (χ3v) is 4.07. The van der Waals surface area contributed by atoms with Gasteiger partial charge < -0.3 is 4.74 Å². The summed E-state index contributed by atoms with van der Waals surface area (Å²) in [5.74, 6) is 0. The number of rotatable bonds is 2. The number of benzene rings is 1. The van der Waals surface area contributed by atoms with Gasteiger partial charge in [-0.1, -0.05) is 22.6 Å². The highest BCUT2D eigenvalue weighted by molar-refractivity contribution is 14.1. The molecule has 1 aromatic heterocycles. The molecule has 0 saturated carbocycles. The predicted octanol–water partition coefficient (Wildman–Crippen LogP) is 2.33. The molecule has 1 aliphatic rings. The second-order valence-electron chi connectivity index (χ2n) is 4.28. The molecule has 0 unspecified atom stereocenters. The fourth-order valence-corrected chi connectivity index (χ4v) is 2.59. The monoisotopic (exact) mass is 357 g/mol. The number of nitrogens with zero attached hydrogens (tertiary/aromatic N) is 3. The van der Waals surface area contributed by atoms with Crippen LogP contribution in [0.25, 0.3) is 10.9 Å². The molecule has 6 heteroatoms. The molecule has 0 bridgehead atoms. The molecule has 2 heterocycles. The van der Waals surface area contributed by atoms with Crippen LogP contribution in [0, 0.1) is 0 Å². The third kappa shape index (κ3) is 1.84. The van der Waals surface area contributed by atoms with E-state index in [-0.39, 0.29) is 12.2 Å². The van der Waals surface area contributed by atoms with Crippen molar-refractivity contribution in [2.45, 2.75) is 6.10 Å². The first-order chi connectivity index (χ1) is 8.69. The average molecular weight is 357 g/mol. The van der Waals surface area contributed by atoms with Gasteiger partial charge in [-0.3, -0.25) is 9.58 Å². The minimum absolute atomic E-state index is 0.0114. The SMILES string of the molecule is Cn1ncc2cc(N3C[C@H](CI)OC3=O)ccc21. The van der Waals surface area contributed by atoms with E-state index in [2.05, 4.69) is 27.7 Å². The van der Waals surface area contributed by atoms with E-state index in [1.807, 2.05) is 29.9 Å². The number of aromatic nitrogens is 2. The maximum absolute atomic E-state index is 11.8. The van der Waals surface area contributed by atoms with Gasteiger partial charge >= 0.3 is 6.09 Å². The van der Waals surface area contributed by atoms with E-state index >= 15 is 0 Å². The molecule has 18 heavy (non-hydrogen) atoms. The number of alkyl halides is 1. The Morgan fingerprint density at radius 2 is 2.39 bits per heavy atom. The summed E-state index contributed by atoms with van der Waals surface area (Å²) in [6.45, 7) is 0.619. The minimum atomic E-state index is -0.264. The van der Waals surface area contributed by atoms with Crippen molar-refractivity contribution in [1.29, 1.82) is 0 Å². The van der Waals surface area contributed by atoms with E-state index in [0.717, 1.165) is 21.0 Å². The van der Waals surface area contributed by atoms with E-state index < -0.39 is 0 Å².